The zero-order valence-corrected chi connectivity index (χ0v) is 13.0. The molecule has 0 aromatic carbocycles. The van der Waals surface area contributed by atoms with Gasteiger partial charge in [-0.05, 0) is 34.4 Å². The summed E-state index contributed by atoms with van der Waals surface area (Å²) in [6, 6.07) is 0.0183. The van der Waals surface area contributed by atoms with Crippen LogP contribution in [-0.2, 0) is 13.5 Å². The van der Waals surface area contributed by atoms with Gasteiger partial charge in [-0.25, -0.2) is 0 Å². The van der Waals surface area contributed by atoms with Gasteiger partial charge in [-0.2, -0.15) is 5.10 Å². The number of nitrogens with two attached hydrogens (primary N) is 1. The van der Waals surface area contributed by atoms with Crippen molar-refractivity contribution in [2.45, 2.75) is 45.2 Å². The van der Waals surface area contributed by atoms with Crippen molar-refractivity contribution in [1.29, 1.82) is 0 Å². The zero-order valence-electron chi connectivity index (χ0n) is 12.3. The molecular weight excluding hydrogens is 248 g/mol. The minimum absolute atomic E-state index is 0.0183. The molecule has 0 bridgehead atoms. The number of hydrogen-bond acceptors (Lipinski definition) is 3. The van der Waals surface area contributed by atoms with Crippen molar-refractivity contribution in [3.8, 4) is 0 Å². The molecule has 18 heavy (non-hydrogen) atoms. The number of aryl methyl sites for hydroxylation is 2. The van der Waals surface area contributed by atoms with Crippen LogP contribution in [0.15, 0.2) is 0 Å². The maximum Gasteiger partial charge on any atom is 0.0847 e. The van der Waals surface area contributed by atoms with E-state index in [4.69, 9.17) is 17.3 Å². The molecule has 0 amide bonds. The van der Waals surface area contributed by atoms with Crippen molar-refractivity contribution in [1.82, 2.24) is 14.7 Å². The van der Waals surface area contributed by atoms with Gasteiger partial charge in [-0.15, -0.1) is 0 Å². The predicted molar refractivity (Wildman–Crippen MR) is 77.0 cm³/mol. The lowest BCUT2D eigenvalue weighted by Crippen LogP contribution is -2.56. The molecule has 0 fully saturated rings. The second-order valence-corrected chi connectivity index (χ2v) is 5.76. The summed E-state index contributed by atoms with van der Waals surface area (Å²) in [6.07, 6.45) is 1.73. The van der Waals surface area contributed by atoms with E-state index in [2.05, 4.69) is 37.9 Å². The van der Waals surface area contributed by atoms with Crippen molar-refractivity contribution >= 4 is 11.6 Å². The van der Waals surface area contributed by atoms with Gasteiger partial charge in [0.25, 0.3) is 0 Å². The summed E-state index contributed by atoms with van der Waals surface area (Å²) >= 11 is 6.28. The summed E-state index contributed by atoms with van der Waals surface area (Å²) in [5.74, 6) is 0. The average molecular weight is 273 g/mol. The summed E-state index contributed by atoms with van der Waals surface area (Å²) in [6.45, 7) is 6.27. The maximum absolute atomic E-state index is 6.40. The smallest absolute Gasteiger partial charge is 0.0847 e. The van der Waals surface area contributed by atoms with Gasteiger partial charge in [0.1, 0.15) is 0 Å². The monoisotopic (exact) mass is 272 g/mol. The largest absolute Gasteiger partial charge is 0.326 e. The normalized spacial score (nSPS) is 16.9. The van der Waals surface area contributed by atoms with Crippen LogP contribution in [0.3, 0.4) is 0 Å². The first-order chi connectivity index (χ1) is 8.24. The highest BCUT2D eigenvalue weighted by Crippen LogP contribution is 2.26. The lowest BCUT2D eigenvalue weighted by atomic mass is 9.86. The Morgan fingerprint density at radius 3 is 2.39 bits per heavy atom. The topological polar surface area (TPSA) is 47.1 Å². The van der Waals surface area contributed by atoms with E-state index in [0.717, 1.165) is 29.3 Å². The third kappa shape index (κ3) is 2.71. The molecule has 2 unspecified atom stereocenters. The highest BCUT2D eigenvalue weighted by atomic mass is 35.5. The number of nitrogens with zero attached hydrogens (tertiary/aromatic N) is 3. The highest BCUT2D eigenvalue weighted by Gasteiger charge is 2.33. The Hall–Kier alpha value is -0.580. The van der Waals surface area contributed by atoms with E-state index in [1.54, 1.807) is 0 Å². The Kier molecular flexibility index (Phi) is 4.81. The van der Waals surface area contributed by atoms with Crippen LogP contribution >= 0.6 is 11.6 Å². The van der Waals surface area contributed by atoms with Gasteiger partial charge in [0.2, 0.25) is 0 Å². The zero-order chi connectivity index (χ0) is 14.1. The summed E-state index contributed by atoms with van der Waals surface area (Å²) in [4.78, 5) is 2.19. The Labute approximate surface area is 115 Å². The van der Waals surface area contributed by atoms with Crippen molar-refractivity contribution < 1.29 is 0 Å². The fourth-order valence-corrected chi connectivity index (χ4v) is 2.48. The van der Waals surface area contributed by atoms with Crippen LogP contribution < -0.4 is 5.73 Å². The van der Waals surface area contributed by atoms with Gasteiger partial charge in [-0.3, -0.25) is 4.68 Å². The minimum atomic E-state index is -0.0402. The Morgan fingerprint density at radius 1 is 1.50 bits per heavy atom. The molecule has 0 saturated carbocycles. The second kappa shape index (κ2) is 5.59. The van der Waals surface area contributed by atoms with E-state index in [0.29, 0.717) is 0 Å². The molecule has 0 spiro atoms. The third-order valence-electron chi connectivity index (χ3n) is 4.21. The molecule has 1 aromatic rings. The molecule has 1 aromatic heterocycles. The van der Waals surface area contributed by atoms with E-state index >= 15 is 0 Å². The van der Waals surface area contributed by atoms with Crippen LogP contribution in [0.4, 0.5) is 0 Å². The number of halogens is 1. The first kappa shape index (κ1) is 15.5. The lowest BCUT2D eigenvalue weighted by molar-refractivity contribution is 0.130. The van der Waals surface area contributed by atoms with E-state index in [1.807, 2.05) is 18.7 Å². The standard InChI is InChI=1S/C13H25ClN4/c1-7-13(3,17(4)5)11(15)8-10-12(14)9(2)16-18(10)6/h11H,7-8,15H2,1-6H3. The molecule has 104 valence electrons. The number of likely N-dealkylation sites (N-methyl/N-ethyl adjacent to an activating group) is 1. The van der Waals surface area contributed by atoms with Crippen LogP contribution in [0.2, 0.25) is 5.02 Å². The predicted octanol–water partition coefficient (Wildman–Crippen LogP) is 1.98. The first-order valence-electron chi connectivity index (χ1n) is 6.35. The minimum Gasteiger partial charge on any atom is -0.326 e. The fourth-order valence-electron chi connectivity index (χ4n) is 2.24. The van der Waals surface area contributed by atoms with Crippen molar-refractivity contribution in [3.63, 3.8) is 0 Å². The Morgan fingerprint density at radius 2 is 2.06 bits per heavy atom. The maximum atomic E-state index is 6.40. The van der Waals surface area contributed by atoms with Crippen LogP contribution in [0, 0.1) is 6.92 Å². The Bertz CT molecular complexity index is 413. The summed E-state index contributed by atoms with van der Waals surface area (Å²) in [5.41, 5.74) is 8.24. The van der Waals surface area contributed by atoms with E-state index in [1.165, 1.54) is 0 Å². The number of aromatic nitrogens is 2. The van der Waals surface area contributed by atoms with Gasteiger partial charge >= 0.3 is 0 Å². The molecular formula is C13H25ClN4. The molecule has 0 aliphatic rings. The van der Waals surface area contributed by atoms with Gasteiger partial charge in [-0.1, -0.05) is 18.5 Å². The molecule has 1 heterocycles. The summed E-state index contributed by atoms with van der Waals surface area (Å²) < 4.78 is 1.84. The molecule has 0 radical (unpaired) electrons. The third-order valence-corrected chi connectivity index (χ3v) is 4.70. The number of rotatable bonds is 5. The van der Waals surface area contributed by atoms with Crippen molar-refractivity contribution in [2.24, 2.45) is 12.8 Å². The molecule has 1 rings (SSSR count). The van der Waals surface area contributed by atoms with E-state index in [-0.39, 0.29) is 11.6 Å². The first-order valence-corrected chi connectivity index (χ1v) is 6.72. The Balaban J connectivity index is 2.97. The SMILES string of the molecule is CCC(C)(C(N)Cc1c(Cl)c(C)nn1C)N(C)C. The van der Waals surface area contributed by atoms with E-state index in [9.17, 15) is 0 Å². The van der Waals surface area contributed by atoms with Crippen LogP contribution in [0.1, 0.15) is 31.7 Å². The molecule has 5 heteroatoms. The van der Waals surface area contributed by atoms with Gasteiger partial charge in [0.05, 0.1) is 16.4 Å². The molecule has 0 aliphatic carbocycles. The summed E-state index contributed by atoms with van der Waals surface area (Å²) in [5, 5.41) is 5.07. The summed E-state index contributed by atoms with van der Waals surface area (Å²) in [7, 11) is 6.05. The van der Waals surface area contributed by atoms with Crippen molar-refractivity contribution in [2.75, 3.05) is 14.1 Å². The second-order valence-electron chi connectivity index (χ2n) is 5.39. The van der Waals surface area contributed by atoms with Crippen molar-refractivity contribution in [3.05, 3.63) is 16.4 Å². The highest BCUT2D eigenvalue weighted by molar-refractivity contribution is 6.31. The molecule has 2 atom stereocenters. The van der Waals surface area contributed by atoms with Gasteiger partial charge < -0.3 is 10.6 Å². The van der Waals surface area contributed by atoms with Gasteiger partial charge in [0.15, 0.2) is 0 Å². The fraction of sp³-hybridized carbons (Fsp3) is 0.769. The van der Waals surface area contributed by atoms with Crippen LogP contribution in [-0.4, -0.2) is 40.4 Å². The van der Waals surface area contributed by atoms with Crippen LogP contribution in [0.25, 0.3) is 0 Å². The molecule has 4 nitrogen and oxygen atoms in total. The van der Waals surface area contributed by atoms with Crippen LogP contribution in [0.5, 0.6) is 0 Å². The molecule has 0 saturated heterocycles. The van der Waals surface area contributed by atoms with Gasteiger partial charge in [0, 0.05) is 25.0 Å². The average Bonchev–Trinajstić information content (AvgIpc) is 2.54. The van der Waals surface area contributed by atoms with E-state index < -0.39 is 0 Å². The molecule has 2 N–H and O–H groups in total. The lowest BCUT2D eigenvalue weighted by Gasteiger charge is -2.41. The quantitative estimate of drug-likeness (QED) is 0.892. The number of hydrogen-bond donors (Lipinski definition) is 1. The molecule has 0 aliphatic heterocycles.